The summed E-state index contributed by atoms with van der Waals surface area (Å²) in [5.74, 6) is 2.11. The van der Waals surface area contributed by atoms with E-state index in [2.05, 4.69) is 39.7 Å². The van der Waals surface area contributed by atoms with Crippen molar-refractivity contribution in [3.8, 4) is 0 Å². The van der Waals surface area contributed by atoms with Gasteiger partial charge in [-0.15, -0.1) is 0 Å². The molecule has 0 bridgehead atoms. The zero-order valence-electron chi connectivity index (χ0n) is 15.0. The van der Waals surface area contributed by atoms with Gasteiger partial charge in [-0.25, -0.2) is 9.48 Å². The minimum atomic E-state index is -0.271. The van der Waals surface area contributed by atoms with Crippen LogP contribution in [0.1, 0.15) is 63.5 Å². The summed E-state index contributed by atoms with van der Waals surface area (Å²) in [6.07, 6.45) is 1.46. The summed E-state index contributed by atoms with van der Waals surface area (Å²) in [5.41, 5.74) is 0.874. The third kappa shape index (κ3) is 4.56. The first-order valence-corrected chi connectivity index (χ1v) is 8.34. The molecule has 0 radical (unpaired) electrons. The topological polar surface area (TPSA) is 97.9 Å². The number of hydrogen-bond acceptors (Lipinski definition) is 5. The lowest BCUT2D eigenvalue weighted by atomic mass is 10.2. The number of rotatable bonds is 7. The van der Waals surface area contributed by atoms with E-state index in [9.17, 15) is 4.79 Å². The minimum Gasteiger partial charge on any atom is -0.339 e. The van der Waals surface area contributed by atoms with Crippen LogP contribution in [0.3, 0.4) is 0 Å². The number of aryl methyl sites for hydroxylation is 1. The Kier molecular flexibility index (Phi) is 5.94. The average Bonchev–Trinajstić information content (AvgIpc) is 3.13. The van der Waals surface area contributed by atoms with E-state index in [0.29, 0.717) is 30.5 Å². The highest BCUT2D eigenvalue weighted by Crippen LogP contribution is 2.18. The van der Waals surface area contributed by atoms with Crippen LogP contribution in [0.15, 0.2) is 10.6 Å². The summed E-state index contributed by atoms with van der Waals surface area (Å²) >= 11 is 0. The Morgan fingerprint density at radius 1 is 1.38 bits per heavy atom. The first-order chi connectivity index (χ1) is 11.4. The molecule has 0 unspecified atom stereocenters. The number of nitrogens with one attached hydrogen (secondary N) is 2. The molecule has 2 aromatic rings. The maximum absolute atomic E-state index is 12.1. The summed E-state index contributed by atoms with van der Waals surface area (Å²) in [5, 5.41) is 14.0. The van der Waals surface area contributed by atoms with Crippen LogP contribution >= 0.6 is 0 Å². The lowest BCUT2D eigenvalue weighted by molar-refractivity contribution is 0.252. The lowest BCUT2D eigenvalue weighted by Crippen LogP contribution is -2.31. The Balaban J connectivity index is 1.85. The van der Waals surface area contributed by atoms with Crippen LogP contribution in [0.4, 0.5) is 10.6 Å². The highest BCUT2D eigenvalue weighted by molar-refractivity contribution is 5.88. The van der Waals surface area contributed by atoms with Gasteiger partial charge in [0.2, 0.25) is 5.89 Å². The van der Waals surface area contributed by atoms with Gasteiger partial charge in [-0.1, -0.05) is 25.9 Å². The van der Waals surface area contributed by atoms with Crippen molar-refractivity contribution < 1.29 is 9.32 Å². The average molecular weight is 334 g/mol. The molecule has 2 N–H and O–H groups in total. The van der Waals surface area contributed by atoms with Crippen LogP contribution in [-0.4, -0.2) is 32.5 Å². The van der Waals surface area contributed by atoms with E-state index in [-0.39, 0.29) is 18.0 Å². The first-order valence-electron chi connectivity index (χ1n) is 8.34. The van der Waals surface area contributed by atoms with Gasteiger partial charge in [-0.05, 0) is 20.3 Å². The minimum absolute atomic E-state index is 0.201. The monoisotopic (exact) mass is 334 g/mol. The van der Waals surface area contributed by atoms with Crippen LogP contribution in [0.5, 0.6) is 0 Å². The molecule has 0 aliphatic heterocycles. The highest BCUT2D eigenvalue weighted by atomic mass is 16.5. The van der Waals surface area contributed by atoms with E-state index in [1.165, 1.54) is 0 Å². The van der Waals surface area contributed by atoms with Crippen molar-refractivity contribution in [2.45, 2.75) is 59.4 Å². The van der Waals surface area contributed by atoms with E-state index in [4.69, 9.17) is 4.52 Å². The molecule has 0 fully saturated rings. The Labute approximate surface area is 142 Å². The van der Waals surface area contributed by atoms with Crippen molar-refractivity contribution in [2.75, 3.05) is 11.9 Å². The number of carbonyl (C=O) groups is 1. The van der Waals surface area contributed by atoms with Crippen LogP contribution < -0.4 is 10.6 Å². The van der Waals surface area contributed by atoms with Crippen LogP contribution in [0.2, 0.25) is 0 Å². The van der Waals surface area contributed by atoms with Gasteiger partial charge in [-0.2, -0.15) is 10.1 Å². The number of nitrogens with zero attached hydrogens (tertiary/aromatic N) is 4. The SMILES string of the molecule is CC[C@H](C)n1nc(C)cc1NC(=O)NCCc1noc(C(C)C)n1. The van der Waals surface area contributed by atoms with Crippen LogP contribution in [0.25, 0.3) is 0 Å². The van der Waals surface area contributed by atoms with Crippen molar-refractivity contribution in [3.05, 3.63) is 23.5 Å². The molecule has 2 rings (SSSR count). The summed E-state index contributed by atoms with van der Waals surface area (Å²) in [7, 11) is 0. The van der Waals surface area contributed by atoms with Crippen molar-refractivity contribution in [2.24, 2.45) is 0 Å². The van der Waals surface area contributed by atoms with Gasteiger partial charge >= 0.3 is 6.03 Å². The van der Waals surface area contributed by atoms with Crippen molar-refractivity contribution in [1.82, 2.24) is 25.2 Å². The molecule has 24 heavy (non-hydrogen) atoms. The van der Waals surface area contributed by atoms with Crippen molar-refractivity contribution in [3.63, 3.8) is 0 Å². The molecule has 0 aliphatic carbocycles. The van der Waals surface area contributed by atoms with Gasteiger partial charge in [-0.3, -0.25) is 5.32 Å². The Hall–Kier alpha value is -2.38. The third-order valence-electron chi connectivity index (χ3n) is 3.72. The Morgan fingerprint density at radius 2 is 2.12 bits per heavy atom. The molecule has 0 spiro atoms. The zero-order valence-corrected chi connectivity index (χ0v) is 15.0. The van der Waals surface area contributed by atoms with E-state index < -0.39 is 0 Å². The Morgan fingerprint density at radius 3 is 2.75 bits per heavy atom. The molecular weight excluding hydrogens is 308 g/mol. The number of aromatic nitrogens is 4. The van der Waals surface area contributed by atoms with Crippen molar-refractivity contribution in [1.29, 1.82) is 0 Å². The van der Waals surface area contributed by atoms with E-state index in [1.807, 2.05) is 31.5 Å². The second-order valence-corrected chi connectivity index (χ2v) is 6.21. The molecule has 132 valence electrons. The first kappa shape index (κ1) is 18.0. The van der Waals surface area contributed by atoms with Gasteiger partial charge in [0.1, 0.15) is 5.82 Å². The maximum atomic E-state index is 12.1. The van der Waals surface area contributed by atoms with Crippen LogP contribution in [0, 0.1) is 6.92 Å². The molecule has 2 aromatic heterocycles. The molecule has 2 amide bonds. The van der Waals surface area contributed by atoms with Crippen molar-refractivity contribution >= 4 is 11.8 Å². The summed E-state index contributed by atoms with van der Waals surface area (Å²) in [4.78, 5) is 16.3. The number of carbonyl (C=O) groups excluding carboxylic acids is 1. The molecule has 8 nitrogen and oxygen atoms in total. The fourth-order valence-electron chi connectivity index (χ4n) is 2.17. The smallest absolute Gasteiger partial charge is 0.320 e. The summed E-state index contributed by atoms with van der Waals surface area (Å²) in [6.45, 7) is 10.5. The summed E-state index contributed by atoms with van der Waals surface area (Å²) in [6, 6.07) is 1.81. The molecule has 0 saturated heterocycles. The van der Waals surface area contributed by atoms with E-state index in [1.54, 1.807) is 0 Å². The van der Waals surface area contributed by atoms with Gasteiger partial charge in [0.25, 0.3) is 0 Å². The van der Waals surface area contributed by atoms with Gasteiger partial charge < -0.3 is 9.84 Å². The summed E-state index contributed by atoms with van der Waals surface area (Å²) < 4.78 is 6.97. The zero-order chi connectivity index (χ0) is 17.7. The van der Waals surface area contributed by atoms with Gasteiger partial charge in [0.05, 0.1) is 11.7 Å². The Bertz CT molecular complexity index is 676. The lowest BCUT2D eigenvalue weighted by Gasteiger charge is -2.14. The molecule has 0 aromatic carbocycles. The quantitative estimate of drug-likeness (QED) is 0.811. The fraction of sp³-hybridized carbons (Fsp3) is 0.625. The number of anilines is 1. The largest absolute Gasteiger partial charge is 0.339 e. The normalized spacial score (nSPS) is 12.4. The van der Waals surface area contributed by atoms with Gasteiger partial charge in [0, 0.05) is 24.9 Å². The highest BCUT2D eigenvalue weighted by Gasteiger charge is 2.13. The molecular formula is C16H26N6O2. The van der Waals surface area contributed by atoms with Gasteiger partial charge in [0.15, 0.2) is 5.82 Å². The second kappa shape index (κ2) is 7.94. The number of urea groups is 1. The maximum Gasteiger partial charge on any atom is 0.320 e. The second-order valence-electron chi connectivity index (χ2n) is 6.21. The number of amides is 2. The predicted octanol–water partition coefficient (Wildman–Crippen LogP) is 3.03. The van der Waals surface area contributed by atoms with Crippen LogP contribution in [-0.2, 0) is 6.42 Å². The molecule has 0 aliphatic rings. The molecule has 1 atom stereocenters. The molecule has 0 saturated carbocycles. The molecule has 2 heterocycles. The van der Waals surface area contributed by atoms with E-state index >= 15 is 0 Å². The fourth-order valence-corrected chi connectivity index (χ4v) is 2.17. The predicted molar refractivity (Wildman–Crippen MR) is 91.1 cm³/mol. The number of hydrogen-bond donors (Lipinski definition) is 2. The molecule has 8 heteroatoms. The standard InChI is InChI=1S/C16H26N6O2/c1-6-12(5)22-14(9-11(4)20-22)19-16(23)17-8-7-13-18-15(10(2)3)24-21-13/h9-10,12H,6-8H2,1-5H3,(H2,17,19,23)/t12-/m0/s1. The van der Waals surface area contributed by atoms with E-state index in [0.717, 1.165) is 12.1 Å². The third-order valence-corrected chi connectivity index (χ3v) is 3.72.